The average molecular weight is 399 g/mol. The van der Waals surface area contributed by atoms with Gasteiger partial charge in [0.05, 0.1) is 9.82 Å². The number of aryl methyl sites for hydroxylation is 1. The summed E-state index contributed by atoms with van der Waals surface area (Å²) in [5.41, 5.74) is 3.41. The predicted octanol–water partition coefficient (Wildman–Crippen LogP) is 3.95. The lowest BCUT2D eigenvalue weighted by atomic mass is 9.88. The minimum absolute atomic E-state index is 0.0971. The third kappa shape index (κ3) is 3.18. The van der Waals surface area contributed by atoms with Gasteiger partial charge in [-0.2, -0.15) is 4.31 Å². The van der Waals surface area contributed by atoms with Gasteiger partial charge in [-0.25, -0.2) is 8.42 Å². The Morgan fingerprint density at radius 2 is 1.71 bits per heavy atom. The highest BCUT2D eigenvalue weighted by Crippen LogP contribution is 2.36. The second-order valence-corrected chi connectivity index (χ2v) is 9.08. The molecule has 4 rings (SSSR count). The standard InChI is InChI=1S/C20H21N3O4S/c1-14-20(18-4-2-3-5-19(18)21-14)15-10-12-22(13-11-15)28(26,27)17-8-6-16(7-9-17)23(24)25/h2-9,15,21H,10-13H2,1H3. The molecule has 146 valence electrons. The van der Waals surface area contributed by atoms with Crippen LogP contribution in [0.4, 0.5) is 5.69 Å². The number of aromatic amines is 1. The molecule has 1 aliphatic heterocycles. The Balaban J connectivity index is 1.53. The Labute approximate surface area is 163 Å². The highest BCUT2D eigenvalue weighted by Gasteiger charge is 2.31. The minimum Gasteiger partial charge on any atom is -0.358 e. The molecule has 8 heteroatoms. The molecule has 1 fully saturated rings. The van der Waals surface area contributed by atoms with Crippen LogP contribution >= 0.6 is 0 Å². The van der Waals surface area contributed by atoms with Crippen LogP contribution in [0.3, 0.4) is 0 Å². The maximum Gasteiger partial charge on any atom is 0.269 e. The Bertz CT molecular complexity index is 1130. The van der Waals surface area contributed by atoms with Gasteiger partial charge in [0.2, 0.25) is 10.0 Å². The first kappa shape index (κ1) is 18.6. The Kier molecular flexibility index (Phi) is 4.68. The molecule has 2 aromatic carbocycles. The van der Waals surface area contributed by atoms with Gasteiger partial charge in [-0.15, -0.1) is 0 Å². The summed E-state index contributed by atoms with van der Waals surface area (Å²) in [6.07, 6.45) is 1.49. The van der Waals surface area contributed by atoms with Crippen molar-refractivity contribution in [1.29, 1.82) is 0 Å². The molecule has 28 heavy (non-hydrogen) atoms. The number of hydrogen-bond donors (Lipinski definition) is 1. The normalized spacial score (nSPS) is 16.5. The number of rotatable bonds is 4. The highest BCUT2D eigenvalue weighted by molar-refractivity contribution is 7.89. The van der Waals surface area contributed by atoms with Gasteiger partial charge >= 0.3 is 0 Å². The quantitative estimate of drug-likeness (QED) is 0.531. The maximum atomic E-state index is 12.9. The van der Waals surface area contributed by atoms with E-state index in [4.69, 9.17) is 0 Å². The van der Waals surface area contributed by atoms with E-state index < -0.39 is 14.9 Å². The van der Waals surface area contributed by atoms with Crippen molar-refractivity contribution in [2.24, 2.45) is 0 Å². The number of nitrogens with zero attached hydrogens (tertiary/aromatic N) is 2. The van der Waals surface area contributed by atoms with Gasteiger partial charge < -0.3 is 4.98 Å². The third-order valence-corrected chi connectivity index (χ3v) is 7.40. The van der Waals surface area contributed by atoms with E-state index >= 15 is 0 Å². The maximum absolute atomic E-state index is 12.9. The number of non-ortho nitro benzene ring substituents is 1. The number of hydrogen-bond acceptors (Lipinski definition) is 4. The van der Waals surface area contributed by atoms with Crippen molar-refractivity contribution in [3.63, 3.8) is 0 Å². The number of fused-ring (bicyclic) bond motifs is 1. The van der Waals surface area contributed by atoms with Gasteiger partial charge in [0.25, 0.3) is 5.69 Å². The summed E-state index contributed by atoms with van der Waals surface area (Å²) < 4.78 is 27.3. The van der Waals surface area contributed by atoms with Crippen LogP contribution in [0.25, 0.3) is 10.9 Å². The van der Waals surface area contributed by atoms with Crippen LogP contribution in [0.1, 0.15) is 30.0 Å². The van der Waals surface area contributed by atoms with E-state index in [2.05, 4.69) is 24.0 Å². The SMILES string of the molecule is Cc1[nH]c2ccccc2c1C1CCN(S(=O)(=O)c2ccc([N+](=O)[O-])cc2)CC1. The number of nitro groups is 1. The van der Waals surface area contributed by atoms with E-state index in [1.165, 1.54) is 39.5 Å². The van der Waals surface area contributed by atoms with E-state index in [1.807, 2.05) is 12.1 Å². The molecule has 0 aliphatic carbocycles. The number of aromatic nitrogens is 1. The van der Waals surface area contributed by atoms with Crippen molar-refractivity contribution < 1.29 is 13.3 Å². The summed E-state index contributed by atoms with van der Waals surface area (Å²) in [6, 6.07) is 13.3. The molecule has 0 radical (unpaired) electrons. The van der Waals surface area contributed by atoms with Gasteiger partial charge in [-0.3, -0.25) is 10.1 Å². The fraction of sp³-hybridized carbons (Fsp3) is 0.300. The van der Waals surface area contributed by atoms with Gasteiger partial charge in [0.1, 0.15) is 0 Å². The van der Waals surface area contributed by atoms with Gasteiger partial charge in [-0.1, -0.05) is 18.2 Å². The predicted molar refractivity (Wildman–Crippen MR) is 107 cm³/mol. The molecule has 0 amide bonds. The Morgan fingerprint density at radius 1 is 1.07 bits per heavy atom. The summed E-state index contributed by atoms with van der Waals surface area (Å²) >= 11 is 0. The zero-order valence-corrected chi connectivity index (χ0v) is 16.3. The van der Waals surface area contributed by atoms with Crippen molar-refractivity contribution >= 4 is 26.6 Å². The van der Waals surface area contributed by atoms with Crippen LogP contribution in [0.15, 0.2) is 53.4 Å². The van der Waals surface area contributed by atoms with E-state index in [9.17, 15) is 18.5 Å². The smallest absolute Gasteiger partial charge is 0.269 e. The second-order valence-electron chi connectivity index (χ2n) is 7.14. The van der Waals surface area contributed by atoms with Gasteiger partial charge in [0.15, 0.2) is 0 Å². The Hall–Kier alpha value is -2.71. The summed E-state index contributed by atoms with van der Waals surface area (Å²) in [6.45, 7) is 2.93. The Morgan fingerprint density at radius 3 is 2.36 bits per heavy atom. The third-order valence-electron chi connectivity index (χ3n) is 5.49. The molecule has 0 saturated carbocycles. The monoisotopic (exact) mass is 399 g/mol. The first-order valence-electron chi connectivity index (χ1n) is 9.20. The zero-order valence-electron chi connectivity index (χ0n) is 15.5. The van der Waals surface area contributed by atoms with Crippen LogP contribution in [-0.4, -0.2) is 35.7 Å². The van der Waals surface area contributed by atoms with Crippen molar-refractivity contribution in [1.82, 2.24) is 9.29 Å². The average Bonchev–Trinajstić information content (AvgIpc) is 3.04. The lowest BCUT2D eigenvalue weighted by molar-refractivity contribution is -0.384. The molecule has 0 atom stereocenters. The number of sulfonamides is 1. The van der Waals surface area contributed by atoms with E-state index in [-0.39, 0.29) is 10.6 Å². The van der Waals surface area contributed by atoms with Crippen molar-refractivity contribution in [3.05, 3.63) is 69.9 Å². The molecular formula is C20H21N3O4S. The fourth-order valence-corrected chi connectivity index (χ4v) is 5.57. The van der Waals surface area contributed by atoms with Crippen molar-refractivity contribution in [3.8, 4) is 0 Å². The van der Waals surface area contributed by atoms with Crippen LogP contribution in [-0.2, 0) is 10.0 Å². The molecule has 0 unspecified atom stereocenters. The largest absolute Gasteiger partial charge is 0.358 e. The summed E-state index contributed by atoms with van der Waals surface area (Å²) in [4.78, 5) is 13.8. The lowest BCUT2D eigenvalue weighted by Gasteiger charge is -2.31. The fourth-order valence-electron chi connectivity index (χ4n) is 4.10. The number of para-hydroxylation sites is 1. The number of piperidine rings is 1. The lowest BCUT2D eigenvalue weighted by Crippen LogP contribution is -2.37. The molecule has 1 saturated heterocycles. The summed E-state index contributed by atoms with van der Waals surface area (Å²) in [7, 11) is -3.65. The second kappa shape index (κ2) is 7.03. The molecular weight excluding hydrogens is 378 g/mol. The van der Waals surface area contributed by atoms with E-state index in [0.29, 0.717) is 19.0 Å². The number of benzene rings is 2. The molecule has 2 heterocycles. The van der Waals surface area contributed by atoms with Crippen molar-refractivity contribution in [2.45, 2.75) is 30.6 Å². The first-order chi connectivity index (χ1) is 13.4. The number of nitro benzene ring substituents is 1. The zero-order chi connectivity index (χ0) is 19.9. The molecule has 3 aromatic rings. The van der Waals surface area contributed by atoms with Crippen LogP contribution in [0.5, 0.6) is 0 Å². The van der Waals surface area contributed by atoms with Gasteiger partial charge in [0, 0.05) is 41.8 Å². The topological polar surface area (TPSA) is 96.3 Å². The number of nitrogens with one attached hydrogen (secondary N) is 1. The van der Waals surface area contributed by atoms with E-state index in [1.54, 1.807) is 0 Å². The molecule has 0 spiro atoms. The highest BCUT2D eigenvalue weighted by atomic mass is 32.2. The summed E-state index contributed by atoms with van der Waals surface area (Å²) in [5, 5.41) is 12.0. The number of H-pyrrole nitrogens is 1. The molecule has 1 aliphatic rings. The van der Waals surface area contributed by atoms with Crippen LogP contribution in [0.2, 0.25) is 0 Å². The molecule has 0 bridgehead atoms. The van der Waals surface area contributed by atoms with Crippen molar-refractivity contribution in [2.75, 3.05) is 13.1 Å². The van der Waals surface area contributed by atoms with Crippen LogP contribution in [0, 0.1) is 17.0 Å². The molecule has 1 aromatic heterocycles. The minimum atomic E-state index is -3.65. The first-order valence-corrected chi connectivity index (χ1v) is 10.6. The van der Waals surface area contributed by atoms with Crippen LogP contribution < -0.4 is 0 Å². The van der Waals surface area contributed by atoms with Gasteiger partial charge in [-0.05, 0) is 49.4 Å². The molecule has 7 nitrogen and oxygen atoms in total. The van der Waals surface area contributed by atoms with E-state index in [0.717, 1.165) is 24.1 Å². The molecule has 1 N–H and O–H groups in total. The summed E-state index contributed by atoms with van der Waals surface area (Å²) in [5.74, 6) is 0.305.